The van der Waals surface area contributed by atoms with Crippen molar-refractivity contribution >= 4 is 23.3 Å². The highest BCUT2D eigenvalue weighted by molar-refractivity contribution is 5.92. The number of likely N-dealkylation sites (N-methyl/N-ethyl adjacent to an activating group) is 1. The molecule has 108 valence electrons. The third kappa shape index (κ3) is 2.84. The molecule has 1 saturated heterocycles. The second-order valence-corrected chi connectivity index (χ2v) is 4.86. The Morgan fingerprint density at radius 2 is 2.10 bits per heavy atom. The number of ether oxygens (including phenoxy) is 1. The second kappa shape index (κ2) is 5.81. The molecule has 2 N–H and O–H groups in total. The molecule has 0 radical (unpaired) electrons. The number of benzene rings is 1. The molecule has 1 heterocycles. The average molecular weight is 277 g/mol. The number of nitrogens with zero attached hydrogens (tertiary/aromatic N) is 2. The SMILES string of the molecule is COC(=O)c1ccc(N2CCCN(C)C(=O)C2)c(N)c1. The Morgan fingerprint density at radius 3 is 2.75 bits per heavy atom. The summed E-state index contributed by atoms with van der Waals surface area (Å²) < 4.78 is 4.66. The van der Waals surface area contributed by atoms with Crippen LogP contribution < -0.4 is 10.6 Å². The van der Waals surface area contributed by atoms with E-state index in [2.05, 4.69) is 4.74 Å². The molecule has 1 amide bonds. The number of rotatable bonds is 2. The second-order valence-electron chi connectivity index (χ2n) is 4.86. The topological polar surface area (TPSA) is 75.9 Å². The lowest BCUT2D eigenvalue weighted by Gasteiger charge is -2.23. The van der Waals surface area contributed by atoms with Crippen molar-refractivity contribution in [1.29, 1.82) is 0 Å². The number of esters is 1. The van der Waals surface area contributed by atoms with Crippen LogP contribution in [-0.2, 0) is 9.53 Å². The first-order chi connectivity index (χ1) is 9.52. The molecule has 0 aromatic heterocycles. The van der Waals surface area contributed by atoms with Crippen molar-refractivity contribution in [3.05, 3.63) is 23.8 Å². The molecule has 0 unspecified atom stereocenters. The van der Waals surface area contributed by atoms with E-state index in [4.69, 9.17) is 5.73 Å². The van der Waals surface area contributed by atoms with Crippen LogP contribution in [0.1, 0.15) is 16.8 Å². The molecule has 1 aliphatic heterocycles. The quantitative estimate of drug-likeness (QED) is 0.637. The zero-order chi connectivity index (χ0) is 14.7. The summed E-state index contributed by atoms with van der Waals surface area (Å²) in [6.07, 6.45) is 0.889. The van der Waals surface area contributed by atoms with E-state index in [0.717, 1.165) is 25.2 Å². The van der Waals surface area contributed by atoms with Gasteiger partial charge in [-0.15, -0.1) is 0 Å². The molecule has 0 atom stereocenters. The van der Waals surface area contributed by atoms with Crippen molar-refractivity contribution in [2.45, 2.75) is 6.42 Å². The lowest BCUT2D eigenvalue weighted by atomic mass is 10.1. The maximum absolute atomic E-state index is 11.9. The highest BCUT2D eigenvalue weighted by Gasteiger charge is 2.21. The van der Waals surface area contributed by atoms with Gasteiger partial charge in [-0.05, 0) is 24.6 Å². The van der Waals surface area contributed by atoms with Gasteiger partial charge in [0.25, 0.3) is 0 Å². The number of anilines is 2. The molecule has 0 aliphatic carbocycles. The fourth-order valence-corrected chi connectivity index (χ4v) is 2.28. The lowest BCUT2D eigenvalue weighted by molar-refractivity contribution is -0.127. The summed E-state index contributed by atoms with van der Waals surface area (Å²) in [5.41, 5.74) is 7.67. The van der Waals surface area contributed by atoms with Crippen LogP contribution >= 0.6 is 0 Å². The van der Waals surface area contributed by atoms with Crippen molar-refractivity contribution in [3.8, 4) is 0 Å². The van der Waals surface area contributed by atoms with E-state index in [1.807, 2.05) is 4.90 Å². The van der Waals surface area contributed by atoms with E-state index in [9.17, 15) is 9.59 Å². The van der Waals surface area contributed by atoms with Crippen LogP contribution in [-0.4, -0.2) is 50.6 Å². The van der Waals surface area contributed by atoms with E-state index < -0.39 is 5.97 Å². The maximum Gasteiger partial charge on any atom is 0.337 e. The van der Waals surface area contributed by atoms with Crippen LogP contribution in [0.2, 0.25) is 0 Å². The van der Waals surface area contributed by atoms with E-state index >= 15 is 0 Å². The van der Waals surface area contributed by atoms with Crippen molar-refractivity contribution in [1.82, 2.24) is 4.90 Å². The number of hydrogen-bond acceptors (Lipinski definition) is 5. The van der Waals surface area contributed by atoms with Crippen molar-refractivity contribution in [2.75, 3.05) is 44.4 Å². The number of carbonyl (C=O) groups excluding carboxylic acids is 2. The Labute approximate surface area is 118 Å². The van der Waals surface area contributed by atoms with Crippen molar-refractivity contribution in [2.24, 2.45) is 0 Å². The van der Waals surface area contributed by atoms with Crippen molar-refractivity contribution < 1.29 is 14.3 Å². The Morgan fingerprint density at radius 1 is 1.35 bits per heavy atom. The molecule has 6 heteroatoms. The number of hydrogen-bond donors (Lipinski definition) is 1. The summed E-state index contributed by atoms with van der Waals surface area (Å²) in [6, 6.07) is 5.01. The van der Waals surface area contributed by atoms with Gasteiger partial charge in [-0.1, -0.05) is 0 Å². The molecule has 2 rings (SSSR count). The molecule has 1 fully saturated rings. The van der Waals surface area contributed by atoms with Crippen LogP contribution in [0.15, 0.2) is 18.2 Å². The monoisotopic (exact) mass is 277 g/mol. The van der Waals surface area contributed by atoms with Crippen molar-refractivity contribution in [3.63, 3.8) is 0 Å². The molecule has 0 spiro atoms. The first-order valence-corrected chi connectivity index (χ1v) is 6.49. The number of methoxy groups -OCH3 is 1. The summed E-state index contributed by atoms with van der Waals surface area (Å²) in [7, 11) is 3.13. The van der Waals surface area contributed by atoms with E-state index in [0.29, 0.717) is 17.8 Å². The molecular weight excluding hydrogens is 258 g/mol. The molecule has 1 aromatic rings. The maximum atomic E-state index is 11.9. The largest absolute Gasteiger partial charge is 0.465 e. The number of carbonyl (C=O) groups is 2. The third-order valence-corrected chi connectivity index (χ3v) is 3.46. The predicted molar refractivity (Wildman–Crippen MR) is 76.7 cm³/mol. The molecule has 1 aliphatic rings. The first kappa shape index (κ1) is 14.2. The van der Waals surface area contributed by atoms with Gasteiger partial charge in [0.1, 0.15) is 0 Å². The van der Waals surface area contributed by atoms with Gasteiger partial charge in [0.15, 0.2) is 0 Å². The number of nitrogen functional groups attached to an aromatic ring is 1. The van der Waals surface area contributed by atoms with E-state index in [1.165, 1.54) is 7.11 Å². The smallest absolute Gasteiger partial charge is 0.337 e. The highest BCUT2D eigenvalue weighted by atomic mass is 16.5. The van der Waals surface area contributed by atoms with Gasteiger partial charge in [-0.25, -0.2) is 4.79 Å². The number of amides is 1. The molecule has 0 bridgehead atoms. The van der Waals surface area contributed by atoms with Gasteiger partial charge in [-0.2, -0.15) is 0 Å². The minimum absolute atomic E-state index is 0.0685. The molecule has 20 heavy (non-hydrogen) atoms. The minimum Gasteiger partial charge on any atom is -0.465 e. The van der Waals surface area contributed by atoms with Gasteiger partial charge < -0.3 is 20.3 Å². The molecule has 6 nitrogen and oxygen atoms in total. The van der Waals surface area contributed by atoms with Gasteiger partial charge in [0.05, 0.1) is 30.6 Å². The number of nitrogens with two attached hydrogens (primary N) is 1. The Balaban J connectivity index is 2.24. The van der Waals surface area contributed by atoms with Gasteiger partial charge in [-0.3, -0.25) is 4.79 Å². The first-order valence-electron chi connectivity index (χ1n) is 6.49. The third-order valence-electron chi connectivity index (χ3n) is 3.46. The zero-order valence-corrected chi connectivity index (χ0v) is 11.8. The standard InChI is InChI=1S/C14H19N3O3/c1-16-6-3-7-17(9-13(16)18)12-5-4-10(8-11(12)15)14(19)20-2/h4-5,8H,3,6-7,9,15H2,1-2H3. The summed E-state index contributed by atoms with van der Waals surface area (Å²) in [5.74, 6) is -0.353. The predicted octanol–water partition coefficient (Wildman–Crippen LogP) is 0.724. The fourth-order valence-electron chi connectivity index (χ4n) is 2.28. The Kier molecular flexibility index (Phi) is 4.12. The van der Waals surface area contributed by atoms with Crippen LogP contribution in [0.3, 0.4) is 0 Å². The summed E-state index contributed by atoms with van der Waals surface area (Å²) in [5, 5.41) is 0. The molecular formula is C14H19N3O3. The Hall–Kier alpha value is -2.24. The van der Waals surface area contributed by atoms with Gasteiger partial charge in [0.2, 0.25) is 5.91 Å². The summed E-state index contributed by atoms with van der Waals surface area (Å²) in [4.78, 5) is 27.0. The van der Waals surface area contributed by atoms with E-state index in [-0.39, 0.29) is 5.91 Å². The van der Waals surface area contributed by atoms with Crippen LogP contribution in [0.25, 0.3) is 0 Å². The average Bonchev–Trinajstić information content (AvgIpc) is 2.60. The summed E-state index contributed by atoms with van der Waals surface area (Å²) >= 11 is 0. The van der Waals surface area contributed by atoms with E-state index in [1.54, 1.807) is 30.1 Å². The molecule has 1 aromatic carbocycles. The highest BCUT2D eigenvalue weighted by Crippen LogP contribution is 2.25. The summed E-state index contributed by atoms with van der Waals surface area (Å²) in [6.45, 7) is 1.81. The normalized spacial score (nSPS) is 16.0. The van der Waals surface area contributed by atoms with Crippen LogP contribution in [0.5, 0.6) is 0 Å². The van der Waals surface area contributed by atoms with Gasteiger partial charge in [0, 0.05) is 20.1 Å². The fraction of sp³-hybridized carbons (Fsp3) is 0.429. The Bertz CT molecular complexity index is 530. The minimum atomic E-state index is -0.421. The lowest BCUT2D eigenvalue weighted by Crippen LogP contribution is -2.34. The van der Waals surface area contributed by atoms with Crippen LogP contribution in [0.4, 0.5) is 11.4 Å². The van der Waals surface area contributed by atoms with Crippen LogP contribution in [0, 0.1) is 0 Å². The zero-order valence-electron chi connectivity index (χ0n) is 11.8. The van der Waals surface area contributed by atoms with Gasteiger partial charge >= 0.3 is 5.97 Å². The molecule has 0 saturated carbocycles.